The molecule has 0 bridgehead atoms. The molecule has 0 amide bonds. The van der Waals surface area contributed by atoms with Crippen LogP contribution in [0.2, 0.25) is 0 Å². The molecular weight excluding hydrogens is 254 g/mol. The molecule has 0 spiro atoms. The molecule has 3 nitrogen and oxygen atoms in total. The Kier molecular flexibility index (Phi) is 3.36. The van der Waals surface area contributed by atoms with E-state index < -0.39 is 0 Å². The topological polar surface area (TPSA) is 29.9 Å². The van der Waals surface area contributed by atoms with Gasteiger partial charge < -0.3 is 5.32 Å². The van der Waals surface area contributed by atoms with E-state index >= 15 is 0 Å². The molecule has 2 heterocycles. The van der Waals surface area contributed by atoms with Crippen LogP contribution in [0.25, 0.3) is 10.1 Å². The highest BCUT2D eigenvalue weighted by molar-refractivity contribution is 7.17. The van der Waals surface area contributed by atoms with Crippen molar-refractivity contribution >= 4 is 21.4 Å². The Labute approximate surface area is 116 Å². The van der Waals surface area contributed by atoms with Crippen molar-refractivity contribution in [3.8, 4) is 0 Å². The van der Waals surface area contributed by atoms with Crippen LogP contribution in [0.4, 0.5) is 0 Å². The van der Waals surface area contributed by atoms with Gasteiger partial charge in [-0.25, -0.2) is 0 Å². The fourth-order valence-electron chi connectivity index (χ4n) is 2.47. The average molecular weight is 271 g/mol. The summed E-state index contributed by atoms with van der Waals surface area (Å²) in [5, 5.41) is 11.4. The van der Waals surface area contributed by atoms with Crippen molar-refractivity contribution in [2.45, 2.75) is 13.0 Å². The number of aryl methyl sites for hydroxylation is 1. The van der Waals surface area contributed by atoms with Gasteiger partial charge in [-0.3, -0.25) is 4.68 Å². The normalized spacial score (nSPS) is 12.9. The standard InChI is InChI=1S/C15H17N3S/c1-3-16-15(13-8-9-17-18(13)2)12-10-19-14-7-5-4-6-11(12)14/h4-10,15-16H,3H2,1-2H3. The molecular formula is C15H17N3S. The van der Waals surface area contributed by atoms with Crippen LogP contribution in [0.3, 0.4) is 0 Å². The van der Waals surface area contributed by atoms with Crippen molar-refractivity contribution in [1.82, 2.24) is 15.1 Å². The van der Waals surface area contributed by atoms with Gasteiger partial charge >= 0.3 is 0 Å². The molecule has 19 heavy (non-hydrogen) atoms. The smallest absolute Gasteiger partial charge is 0.0762 e. The number of fused-ring (bicyclic) bond motifs is 1. The zero-order chi connectivity index (χ0) is 13.2. The zero-order valence-corrected chi connectivity index (χ0v) is 11.9. The molecule has 2 aromatic heterocycles. The van der Waals surface area contributed by atoms with E-state index in [4.69, 9.17) is 0 Å². The van der Waals surface area contributed by atoms with Crippen LogP contribution in [0.1, 0.15) is 24.2 Å². The molecule has 0 aliphatic carbocycles. The highest BCUT2D eigenvalue weighted by atomic mass is 32.1. The second-order valence-electron chi connectivity index (χ2n) is 4.56. The van der Waals surface area contributed by atoms with Crippen molar-refractivity contribution in [3.05, 3.63) is 53.2 Å². The first-order valence-electron chi connectivity index (χ1n) is 6.48. The fourth-order valence-corrected chi connectivity index (χ4v) is 3.45. The molecule has 98 valence electrons. The maximum Gasteiger partial charge on any atom is 0.0762 e. The quantitative estimate of drug-likeness (QED) is 0.789. The minimum absolute atomic E-state index is 0.202. The number of nitrogens with zero attached hydrogens (tertiary/aromatic N) is 2. The summed E-state index contributed by atoms with van der Waals surface area (Å²) in [6.45, 7) is 3.07. The number of thiophene rings is 1. The Morgan fingerprint density at radius 2 is 2.16 bits per heavy atom. The van der Waals surface area contributed by atoms with Crippen molar-refractivity contribution in [1.29, 1.82) is 0 Å². The summed E-state index contributed by atoms with van der Waals surface area (Å²) in [4.78, 5) is 0. The third kappa shape index (κ3) is 2.17. The van der Waals surface area contributed by atoms with Crippen LogP contribution >= 0.6 is 11.3 Å². The molecule has 0 saturated carbocycles. The first kappa shape index (κ1) is 12.4. The Balaban J connectivity index is 2.12. The number of benzene rings is 1. The summed E-state index contributed by atoms with van der Waals surface area (Å²) >= 11 is 1.80. The second-order valence-corrected chi connectivity index (χ2v) is 5.47. The molecule has 0 aliphatic heterocycles. The third-order valence-corrected chi connectivity index (χ3v) is 4.37. The van der Waals surface area contributed by atoms with E-state index in [-0.39, 0.29) is 6.04 Å². The van der Waals surface area contributed by atoms with Gasteiger partial charge in [-0.15, -0.1) is 11.3 Å². The predicted octanol–water partition coefficient (Wildman–Crippen LogP) is 3.33. The van der Waals surface area contributed by atoms with Crippen LogP contribution in [0.5, 0.6) is 0 Å². The lowest BCUT2D eigenvalue weighted by atomic mass is 10.0. The van der Waals surface area contributed by atoms with Gasteiger partial charge in [0.2, 0.25) is 0 Å². The summed E-state index contributed by atoms with van der Waals surface area (Å²) in [5.41, 5.74) is 2.54. The zero-order valence-electron chi connectivity index (χ0n) is 11.1. The van der Waals surface area contributed by atoms with E-state index in [2.05, 4.69) is 53.1 Å². The molecule has 3 rings (SSSR count). The van der Waals surface area contributed by atoms with Gasteiger partial charge in [0.05, 0.1) is 11.7 Å². The minimum atomic E-state index is 0.202. The lowest BCUT2D eigenvalue weighted by molar-refractivity contribution is 0.576. The van der Waals surface area contributed by atoms with Crippen molar-refractivity contribution in [2.75, 3.05) is 6.54 Å². The summed E-state index contributed by atoms with van der Waals surface area (Å²) < 4.78 is 3.28. The van der Waals surface area contributed by atoms with Crippen LogP contribution in [-0.2, 0) is 7.05 Å². The van der Waals surface area contributed by atoms with Crippen LogP contribution in [0.15, 0.2) is 41.9 Å². The van der Waals surface area contributed by atoms with E-state index in [1.54, 1.807) is 11.3 Å². The Morgan fingerprint density at radius 1 is 1.32 bits per heavy atom. The average Bonchev–Trinajstić information content (AvgIpc) is 3.03. The summed E-state index contributed by atoms with van der Waals surface area (Å²) in [6.07, 6.45) is 1.86. The van der Waals surface area contributed by atoms with Crippen LogP contribution in [0, 0.1) is 0 Å². The molecule has 1 unspecified atom stereocenters. The summed E-state index contributed by atoms with van der Waals surface area (Å²) in [5.74, 6) is 0. The van der Waals surface area contributed by atoms with Gasteiger partial charge in [0.25, 0.3) is 0 Å². The monoisotopic (exact) mass is 271 g/mol. The molecule has 0 aliphatic rings. The molecule has 1 N–H and O–H groups in total. The molecule has 4 heteroatoms. The van der Waals surface area contributed by atoms with E-state index in [1.807, 2.05) is 17.9 Å². The molecule has 3 aromatic rings. The molecule has 0 fully saturated rings. The lowest BCUT2D eigenvalue weighted by Crippen LogP contribution is -2.24. The first-order chi connectivity index (χ1) is 9.31. The largest absolute Gasteiger partial charge is 0.305 e. The van der Waals surface area contributed by atoms with Crippen LogP contribution < -0.4 is 5.32 Å². The van der Waals surface area contributed by atoms with Crippen LogP contribution in [-0.4, -0.2) is 16.3 Å². The second kappa shape index (κ2) is 5.15. The summed E-state index contributed by atoms with van der Waals surface area (Å²) in [6, 6.07) is 10.9. The molecule has 0 radical (unpaired) electrons. The lowest BCUT2D eigenvalue weighted by Gasteiger charge is -2.18. The fraction of sp³-hybridized carbons (Fsp3) is 0.267. The predicted molar refractivity (Wildman–Crippen MR) is 80.6 cm³/mol. The maximum absolute atomic E-state index is 4.29. The van der Waals surface area contributed by atoms with Gasteiger partial charge in [-0.05, 0) is 35.0 Å². The van der Waals surface area contributed by atoms with Crippen molar-refractivity contribution in [2.24, 2.45) is 7.05 Å². The van der Waals surface area contributed by atoms with Gasteiger partial charge in [0.1, 0.15) is 0 Å². The number of aromatic nitrogens is 2. The number of hydrogen-bond donors (Lipinski definition) is 1. The highest BCUT2D eigenvalue weighted by Gasteiger charge is 2.19. The van der Waals surface area contributed by atoms with E-state index in [1.165, 1.54) is 21.3 Å². The number of nitrogens with one attached hydrogen (secondary N) is 1. The van der Waals surface area contributed by atoms with Gasteiger partial charge in [0.15, 0.2) is 0 Å². The summed E-state index contributed by atoms with van der Waals surface area (Å²) in [7, 11) is 1.99. The Bertz CT molecular complexity index is 683. The molecule has 1 aromatic carbocycles. The van der Waals surface area contributed by atoms with E-state index in [0.717, 1.165) is 6.54 Å². The SMILES string of the molecule is CCNC(c1csc2ccccc12)c1ccnn1C. The molecule has 1 atom stereocenters. The van der Waals surface area contributed by atoms with Crippen molar-refractivity contribution in [3.63, 3.8) is 0 Å². The minimum Gasteiger partial charge on any atom is -0.305 e. The number of hydrogen-bond acceptors (Lipinski definition) is 3. The van der Waals surface area contributed by atoms with Gasteiger partial charge in [0, 0.05) is 17.9 Å². The Morgan fingerprint density at radius 3 is 2.89 bits per heavy atom. The third-order valence-electron chi connectivity index (χ3n) is 3.38. The molecule has 0 saturated heterocycles. The maximum atomic E-state index is 4.29. The Hall–Kier alpha value is -1.65. The van der Waals surface area contributed by atoms with Gasteiger partial charge in [-0.1, -0.05) is 25.1 Å². The highest BCUT2D eigenvalue weighted by Crippen LogP contribution is 2.33. The van der Waals surface area contributed by atoms with E-state index in [9.17, 15) is 0 Å². The number of rotatable bonds is 4. The van der Waals surface area contributed by atoms with Crippen molar-refractivity contribution < 1.29 is 0 Å². The first-order valence-corrected chi connectivity index (χ1v) is 7.36. The van der Waals surface area contributed by atoms with Gasteiger partial charge in [-0.2, -0.15) is 5.10 Å². The van der Waals surface area contributed by atoms with E-state index in [0.29, 0.717) is 0 Å².